The minimum Gasteiger partial charge on any atom is -0.370 e. The molecule has 0 aliphatic carbocycles. The number of ether oxygens (including phenoxy) is 1. The zero-order valence-corrected chi connectivity index (χ0v) is 21.8. The number of carbonyl (C=O) groups excluding carboxylic acids is 3. The van der Waals surface area contributed by atoms with Gasteiger partial charge >= 0.3 is 12.2 Å². The third-order valence-electron chi connectivity index (χ3n) is 7.10. The topological polar surface area (TPSA) is 112 Å². The number of hydrogen-bond donors (Lipinski definition) is 2. The Hall–Kier alpha value is -4.13. The number of H-pyrrole nitrogens is 1. The van der Waals surface area contributed by atoms with Gasteiger partial charge in [-0.05, 0) is 56.2 Å². The maximum absolute atomic E-state index is 13.2. The van der Waals surface area contributed by atoms with Crippen molar-refractivity contribution in [2.24, 2.45) is 4.99 Å². The standard InChI is InChI=1S/C27H29F3N6O4/c1-2-31-26(39)34-10-8-19(9-11-34)36-22-7-6-20(35-12-13-40-16-23(35)37)15-21(22)32-25(36)33-24(38)17-4-3-5-18(14-17)27(28,29)30/h3-7,14-15,19H,2,8-13,16H2,1H3,(H,31,39)(H,32,33,38). The van der Waals surface area contributed by atoms with Gasteiger partial charge in [-0.1, -0.05) is 6.07 Å². The van der Waals surface area contributed by atoms with Crippen LogP contribution in [-0.4, -0.2) is 71.7 Å². The number of imidazole rings is 1. The summed E-state index contributed by atoms with van der Waals surface area (Å²) in [7, 11) is 0. The first kappa shape index (κ1) is 27.4. The van der Waals surface area contributed by atoms with Crippen LogP contribution in [0.5, 0.6) is 0 Å². The van der Waals surface area contributed by atoms with Crippen LogP contribution in [0.2, 0.25) is 0 Å². The van der Waals surface area contributed by atoms with Crippen molar-refractivity contribution in [1.29, 1.82) is 0 Å². The molecule has 2 aromatic carbocycles. The van der Waals surface area contributed by atoms with Gasteiger partial charge in [0.05, 0.1) is 23.2 Å². The van der Waals surface area contributed by atoms with E-state index >= 15 is 0 Å². The number of carbonyl (C=O) groups is 3. The summed E-state index contributed by atoms with van der Waals surface area (Å²) in [6.45, 7) is 4.12. The molecule has 0 spiro atoms. The largest absolute Gasteiger partial charge is 0.416 e. The summed E-state index contributed by atoms with van der Waals surface area (Å²) in [6, 6.07) is 9.29. The normalized spacial score (nSPS) is 17.5. The number of morpholine rings is 1. The zero-order chi connectivity index (χ0) is 28.4. The molecule has 13 heteroatoms. The fourth-order valence-corrected chi connectivity index (χ4v) is 5.12. The predicted octanol–water partition coefficient (Wildman–Crippen LogP) is 3.46. The highest BCUT2D eigenvalue weighted by atomic mass is 19.4. The lowest BCUT2D eigenvalue weighted by molar-refractivity contribution is -0.137. The van der Waals surface area contributed by atoms with Crippen molar-refractivity contribution in [3.05, 3.63) is 59.2 Å². The first-order valence-electron chi connectivity index (χ1n) is 13.1. The summed E-state index contributed by atoms with van der Waals surface area (Å²) in [5.74, 6) is -0.998. The number of amides is 4. The van der Waals surface area contributed by atoms with E-state index in [9.17, 15) is 27.6 Å². The molecule has 0 bridgehead atoms. The van der Waals surface area contributed by atoms with E-state index in [1.165, 1.54) is 12.1 Å². The van der Waals surface area contributed by atoms with Gasteiger partial charge in [-0.2, -0.15) is 18.2 Å². The quantitative estimate of drug-likeness (QED) is 0.511. The average molecular weight is 559 g/mol. The number of hydrogen-bond acceptors (Lipinski definition) is 4. The van der Waals surface area contributed by atoms with Crippen molar-refractivity contribution in [1.82, 2.24) is 19.8 Å². The Balaban J connectivity index is 1.54. The van der Waals surface area contributed by atoms with E-state index in [0.29, 0.717) is 56.8 Å². The second-order valence-corrected chi connectivity index (χ2v) is 9.67. The van der Waals surface area contributed by atoms with Crippen LogP contribution in [0.15, 0.2) is 47.5 Å². The minimum atomic E-state index is -4.59. The maximum Gasteiger partial charge on any atom is 0.416 e. The Morgan fingerprint density at radius 2 is 1.90 bits per heavy atom. The van der Waals surface area contributed by atoms with Crippen LogP contribution in [0.1, 0.15) is 41.7 Å². The fraction of sp³-hybridized carbons (Fsp3) is 0.407. The van der Waals surface area contributed by atoms with Crippen LogP contribution in [0.4, 0.5) is 23.7 Å². The van der Waals surface area contributed by atoms with Crippen molar-refractivity contribution in [2.75, 3.05) is 44.3 Å². The molecule has 2 N–H and O–H groups in total. The number of aromatic amines is 1. The van der Waals surface area contributed by atoms with E-state index in [0.717, 1.165) is 17.6 Å². The summed E-state index contributed by atoms with van der Waals surface area (Å²) in [4.78, 5) is 48.5. The highest BCUT2D eigenvalue weighted by molar-refractivity contribution is 5.97. The SMILES string of the molecule is CCNC(=O)N1CCC(n2/c(=N/C(=O)c3cccc(C(F)(F)F)c3)[nH]c3cc(N4CCOCC4=O)ccc32)CC1. The molecule has 212 valence electrons. The zero-order valence-electron chi connectivity index (χ0n) is 21.8. The second kappa shape index (κ2) is 11.2. The van der Waals surface area contributed by atoms with Gasteiger partial charge in [-0.15, -0.1) is 0 Å². The highest BCUT2D eigenvalue weighted by Crippen LogP contribution is 2.30. The number of piperidine rings is 1. The third kappa shape index (κ3) is 5.60. The Morgan fingerprint density at radius 3 is 2.60 bits per heavy atom. The minimum absolute atomic E-state index is 0.0149. The number of alkyl halides is 3. The highest BCUT2D eigenvalue weighted by Gasteiger charge is 2.31. The van der Waals surface area contributed by atoms with Gasteiger partial charge < -0.3 is 29.4 Å². The molecule has 0 unspecified atom stereocenters. The van der Waals surface area contributed by atoms with Crippen molar-refractivity contribution < 1.29 is 32.3 Å². The molecule has 0 radical (unpaired) electrons. The lowest BCUT2D eigenvalue weighted by Crippen LogP contribution is -2.45. The van der Waals surface area contributed by atoms with Gasteiger partial charge in [0.15, 0.2) is 0 Å². The first-order chi connectivity index (χ1) is 19.2. The molecule has 1 aromatic heterocycles. The summed E-state index contributed by atoms with van der Waals surface area (Å²) in [6.07, 6.45) is -3.43. The third-order valence-corrected chi connectivity index (χ3v) is 7.10. The van der Waals surface area contributed by atoms with E-state index in [4.69, 9.17) is 4.74 Å². The van der Waals surface area contributed by atoms with Gasteiger partial charge in [0.1, 0.15) is 6.61 Å². The van der Waals surface area contributed by atoms with E-state index < -0.39 is 17.6 Å². The number of benzene rings is 2. The molecular formula is C27H29F3N6O4. The van der Waals surface area contributed by atoms with Gasteiger partial charge in [0.25, 0.3) is 11.8 Å². The van der Waals surface area contributed by atoms with Crippen molar-refractivity contribution in [3.8, 4) is 0 Å². The molecule has 2 fully saturated rings. The van der Waals surface area contributed by atoms with E-state index in [2.05, 4.69) is 15.3 Å². The van der Waals surface area contributed by atoms with Crippen LogP contribution in [-0.2, 0) is 15.7 Å². The van der Waals surface area contributed by atoms with Crippen molar-refractivity contribution in [2.45, 2.75) is 32.0 Å². The number of aromatic nitrogens is 2. The average Bonchev–Trinajstić information content (AvgIpc) is 3.30. The maximum atomic E-state index is 13.2. The number of urea groups is 1. The van der Waals surface area contributed by atoms with Crippen molar-refractivity contribution >= 4 is 34.6 Å². The molecule has 2 saturated heterocycles. The molecule has 10 nitrogen and oxygen atoms in total. The molecule has 0 atom stereocenters. The number of nitrogens with zero attached hydrogens (tertiary/aromatic N) is 4. The van der Waals surface area contributed by atoms with E-state index in [1.54, 1.807) is 21.9 Å². The Labute approximate surface area is 227 Å². The Morgan fingerprint density at radius 1 is 1.12 bits per heavy atom. The molecule has 5 rings (SSSR count). The monoisotopic (exact) mass is 558 g/mol. The van der Waals surface area contributed by atoms with Crippen LogP contribution in [0.25, 0.3) is 11.0 Å². The van der Waals surface area contributed by atoms with E-state index in [-0.39, 0.29) is 35.8 Å². The molecule has 40 heavy (non-hydrogen) atoms. The van der Waals surface area contributed by atoms with Crippen LogP contribution in [0, 0.1) is 0 Å². The van der Waals surface area contributed by atoms with Crippen LogP contribution < -0.4 is 15.8 Å². The van der Waals surface area contributed by atoms with Crippen LogP contribution >= 0.6 is 0 Å². The van der Waals surface area contributed by atoms with Crippen molar-refractivity contribution in [3.63, 3.8) is 0 Å². The predicted molar refractivity (Wildman–Crippen MR) is 140 cm³/mol. The van der Waals surface area contributed by atoms with Gasteiger partial charge in [-0.3, -0.25) is 9.59 Å². The Kier molecular flexibility index (Phi) is 7.66. The number of nitrogens with one attached hydrogen (secondary N) is 2. The molecule has 4 amide bonds. The van der Waals surface area contributed by atoms with Gasteiger partial charge in [0.2, 0.25) is 5.62 Å². The van der Waals surface area contributed by atoms with Gasteiger partial charge in [0, 0.05) is 43.5 Å². The summed E-state index contributed by atoms with van der Waals surface area (Å²) >= 11 is 0. The first-order valence-corrected chi connectivity index (χ1v) is 13.1. The molecular weight excluding hydrogens is 529 g/mol. The molecule has 2 aliphatic rings. The number of likely N-dealkylation sites (tertiary alicyclic amines) is 1. The second-order valence-electron chi connectivity index (χ2n) is 9.67. The molecule has 2 aliphatic heterocycles. The molecule has 3 aromatic rings. The number of fused-ring (bicyclic) bond motifs is 1. The van der Waals surface area contributed by atoms with Gasteiger partial charge in [-0.25, -0.2) is 4.79 Å². The molecule has 0 saturated carbocycles. The summed E-state index contributed by atoms with van der Waals surface area (Å²) < 4.78 is 46.8. The lowest BCUT2D eigenvalue weighted by atomic mass is 10.0. The van der Waals surface area contributed by atoms with E-state index in [1.807, 2.05) is 17.6 Å². The summed E-state index contributed by atoms with van der Waals surface area (Å²) in [5.41, 5.74) is 1.03. The Bertz CT molecular complexity index is 1500. The molecule has 3 heterocycles. The summed E-state index contributed by atoms with van der Waals surface area (Å²) in [5, 5.41) is 2.80. The number of anilines is 1. The smallest absolute Gasteiger partial charge is 0.370 e. The lowest BCUT2D eigenvalue weighted by Gasteiger charge is -2.33. The number of halogens is 3. The number of rotatable bonds is 4. The van der Waals surface area contributed by atoms with Crippen LogP contribution in [0.3, 0.4) is 0 Å². The fourth-order valence-electron chi connectivity index (χ4n) is 5.12.